The standard InChI is InChI=1S/C13H13BrFN3O/c1-3-18-12(6-8(2)17-18)13(19)16-11-5-4-9(14)7-10(11)15/h4-7H,3H2,1-2H3,(H,16,19). The van der Waals surface area contributed by atoms with Crippen LogP contribution in [0.25, 0.3) is 0 Å². The highest BCUT2D eigenvalue weighted by molar-refractivity contribution is 9.10. The molecule has 0 saturated heterocycles. The molecule has 2 rings (SSSR count). The third kappa shape index (κ3) is 3.01. The third-order valence-electron chi connectivity index (χ3n) is 2.61. The zero-order valence-electron chi connectivity index (χ0n) is 10.6. The van der Waals surface area contributed by atoms with Crippen LogP contribution in [0, 0.1) is 12.7 Å². The van der Waals surface area contributed by atoms with Gasteiger partial charge in [0, 0.05) is 11.0 Å². The van der Waals surface area contributed by atoms with Crippen molar-refractivity contribution in [3.8, 4) is 0 Å². The van der Waals surface area contributed by atoms with Gasteiger partial charge in [0.1, 0.15) is 11.5 Å². The Morgan fingerprint density at radius 2 is 2.21 bits per heavy atom. The van der Waals surface area contributed by atoms with Crippen molar-refractivity contribution in [2.75, 3.05) is 5.32 Å². The fourth-order valence-corrected chi connectivity index (χ4v) is 2.08. The van der Waals surface area contributed by atoms with Gasteiger partial charge in [-0.25, -0.2) is 4.39 Å². The van der Waals surface area contributed by atoms with Crippen molar-refractivity contribution in [3.05, 3.63) is 45.9 Å². The molecule has 0 fully saturated rings. The second-order valence-electron chi connectivity index (χ2n) is 4.07. The van der Waals surface area contributed by atoms with E-state index in [0.29, 0.717) is 16.7 Å². The van der Waals surface area contributed by atoms with Crippen LogP contribution >= 0.6 is 15.9 Å². The number of nitrogens with zero attached hydrogens (tertiary/aromatic N) is 2. The zero-order chi connectivity index (χ0) is 14.0. The average Bonchev–Trinajstić information content (AvgIpc) is 2.74. The fourth-order valence-electron chi connectivity index (χ4n) is 1.75. The molecule has 0 aliphatic rings. The van der Waals surface area contributed by atoms with Gasteiger partial charge in [-0.3, -0.25) is 9.48 Å². The van der Waals surface area contributed by atoms with Crippen molar-refractivity contribution in [3.63, 3.8) is 0 Å². The Morgan fingerprint density at radius 1 is 1.47 bits per heavy atom. The molecule has 0 unspecified atom stereocenters. The number of aryl methyl sites for hydroxylation is 2. The molecular weight excluding hydrogens is 313 g/mol. The van der Waals surface area contributed by atoms with Crippen molar-refractivity contribution < 1.29 is 9.18 Å². The van der Waals surface area contributed by atoms with Crippen LogP contribution in [0.2, 0.25) is 0 Å². The molecule has 0 radical (unpaired) electrons. The Bertz CT molecular complexity index is 624. The first kappa shape index (κ1) is 13.7. The van der Waals surface area contributed by atoms with Crippen LogP contribution in [0.4, 0.5) is 10.1 Å². The van der Waals surface area contributed by atoms with E-state index in [1.165, 1.54) is 12.1 Å². The molecule has 1 heterocycles. The van der Waals surface area contributed by atoms with Crippen LogP contribution in [0.3, 0.4) is 0 Å². The van der Waals surface area contributed by atoms with E-state index in [4.69, 9.17) is 0 Å². The molecule has 0 saturated carbocycles. The van der Waals surface area contributed by atoms with Gasteiger partial charge in [-0.2, -0.15) is 5.10 Å². The number of hydrogen-bond acceptors (Lipinski definition) is 2. The third-order valence-corrected chi connectivity index (χ3v) is 3.11. The second-order valence-corrected chi connectivity index (χ2v) is 4.98. The summed E-state index contributed by atoms with van der Waals surface area (Å²) in [6, 6.07) is 6.16. The number of benzene rings is 1. The molecule has 19 heavy (non-hydrogen) atoms. The van der Waals surface area contributed by atoms with Crippen LogP contribution in [-0.4, -0.2) is 15.7 Å². The first-order chi connectivity index (χ1) is 9.01. The highest BCUT2D eigenvalue weighted by Gasteiger charge is 2.14. The van der Waals surface area contributed by atoms with E-state index in [1.807, 2.05) is 13.8 Å². The molecule has 0 spiro atoms. The number of amides is 1. The van der Waals surface area contributed by atoms with Crippen LogP contribution < -0.4 is 5.32 Å². The van der Waals surface area contributed by atoms with Gasteiger partial charge in [0.15, 0.2) is 0 Å². The van der Waals surface area contributed by atoms with Crippen LogP contribution in [0.5, 0.6) is 0 Å². The molecule has 0 atom stereocenters. The number of halogens is 2. The smallest absolute Gasteiger partial charge is 0.274 e. The number of carbonyl (C=O) groups is 1. The maximum atomic E-state index is 13.6. The van der Waals surface area contributed by atoms with Gasteiger partial charge in [-0.05, 0) is 38.1 Å². The van der Waals surface area contributed by atoms with Crippen molar-refractivity contribution in [2.24, 2.45) is 0 Å². The number of aromatic nitrogens is 2. The minimum atomic E-state index is -0.484. The number of hydrogen-bond donors (Lipinski definition) is 1. The van der Waals surface area contributed by atoms with E-state index in [-0.39, 0.29) is 11.6 Å². The summed E-state index contributed by atoms with van der Waals surface area (Å²) < 4.78 is 15.9. The van der Waals surface area contributed by atoms with Gasteiger partial charge in [0.05, 0.1) is 11.4 Å². The second kappa shape index (κ2) is 5.52. The lowest BCUT2D eigenvalue weighted by molar-refractivity contribution is 0.101. The minimum Gasteiger partial charge on any atom is -0.318 e. The summed E-state index contributed by atoms with van der Waals surface area (Å²) in [5.74, 6) is -0.856. The van der Waals surface area contributed by atoms with E-state index in [9.17, 15) is 9.18 Å². The summed E-state index contributed by atoms with van der Waals surface area (Å²) in [7, 11) is 0. The molecule has 1 amide bonds. The van der Waals surface area contributed by atoms with Crippen LogP contribution in [0.15, 0.2) is 28.7 Å². The van der Waals surface area contributed by atoms with Crippen molar-refractivity contribution >= 4 is 27.5 Å². The summed E-state index contributed by atoms with van der Waals surface area (Å²) in [4.78, 5) is 12.1. The van der Waals surface area contributed by atoms with E-state index in [0.717, 1.165) is 5.69 Å². The van der Waals surface area contributed by atoms with Crippen molar-refractivity contribution in [2.45, 2.75) is 20.4 Å². The predicted octanol–water partition coefficient (Wildman–Crippen LogP) is 3.37. The molecular formula is C13H13BrFN3O. The molecule has 1 aromatic carbocycles. The fraction of sp³-hybridized carbons (Fsp3) is 0.231. The Hall–Kier alpha value is -1.69. The van der Waals surface area contributed by atoms with E-state index in [2.05, 4.69) is 26.3 Å². The lowest BCUT2D eigenvalue weighted by Crippen LogP contribution is -2.18. The number of rotatable bonds is 3. The molecule has 100 valence electrons. The van der Waals surface area contributed by atoms with Gasteiger partial charge in [0.25, 0.3) is 5.91 Å². The summed E-state index contributed by atoms with van der Waals surface area (Å²) in [6.45, 7) is 4.28. The topological polar surface area (TPSA) is 46.9 Å². The quantitative estimate of drug-likeness (QED) is 0.940. The molecule has 6 heteroatoms. The van der Waals surface area contributed by atoms with Crippen molar-refractivity contribution in [1.82, 2.24) is 9.78 Å². The normalized spacial score (nSPS) is 10.5. The molecule has 1 N–H and O–H groups in total. The highest BCUT2D eigenvalue weighted by Crippen LogP contribution is 2.20. The SMILES string of the molecule is CCn1nc(C)cc1C(=O)Nc1ccc(Br)cc1F. The highest BCUT2D eigenvalue weighted by atomic mass is 79.9. The van der Waals surface area contributed by atoms with Gasteiger partial charge >= 0.3 is 0 Å². The van der Waals surface area contributed by atoms with Gasteiger partial charge in [-0.15, -0.1) is 0 Å². The monoisotopic (exact) mass is 325 g/mol. The lowest BCUT2D eigenvalue weighted by atomic mass is 10.3. The summed E-state index contributed by atoms with van der Waals surface area (Å²) in [6.07, 6.45) is 0. The van der Waals surface area contributed by atoms with Crippen LogP contribution in [0.1, 0.15) is 23.1 Å². The van der Waals surface area contributed by atoms with Gasteiger partial charge < -0.3 is 5.32 Å². The maximum Gasteiger partial charge on any atom is 0.274 e. The maximum absolute atomic E-state index is 13.6. The average molecular weight is 326 g/mol. The Labute approximate surface area is 118 Å². The van der Waals surface area contributed by atoms with E-state index < -0.39 is 5.82 Å². The molecule has 0 bridgehead atoms. The van der Waals surface area contributed by atoms with E-state index in [1.54, 1.807) is 16.8 Å². The molecule has 0 aliphatic heterocycles. The number of carbonyl (C=O) groups excluding carboxylic acids is 1. The Morgan fingerprint density at radius 3 is 2.84 bits per heavy atom. The predicted molar refractivity (Wildman–Crippen MR) is 74.7 cm³/mol. The van der Waals surface area contributed by atoms with E-state index >= 15 is 0 Å². The lowest BCUT2D eigenvalue weighted by Gasteiger charge is -2.07. The molecule has 1 aromatic heterocycles. The summed E-state index contributed by atoms with van der Waals surface area (Å²) in [5, 5.41) is 6.73. The molecule has 0 aliphatic carbocycles. The minimum absolute atomic E-state index is 0.148. The zero-order valence-corrected chi connectivity index (χ0v) is 12.2. The van der Waals surface area contributed by atoms with Gasteiger partial charge in [-0.1, -0.05) is 15.9 Å². The Kier molecular flexibility index (Phi) is 3.99. The van der Waals surface area contributed by atoms with Crippen LogP contribution in [-0.2, 0) is 6.54 Å². The summed E-state index contributed by atoms with van der Waals surface area (Å²) >= 11 is 3.17. The van der Waals surface area contributed by atoms with Gasteiger partial charge in [0.2, 0.25) is 0 Å². The molecule has 4 nitrogen and oxygen atoms in total. The molecule has 2 aromatic rings. The number of anilines is 1. The number of nitrogens with one attached hydrogen (secondary N) is 1. The van der Waals surface area contributed by atoms with Crippen molar-refractivity contribution in [1.29, 1.82) is 0 Å². The summed E-state index contributed by atoms with van der Waals surface area (Å²) in [5.41, 5.74) is 1.32. The largest absolute Gasteiger partial charge is 0.318 e. The Balaban J connectivity index is 2.25. The first-order valence-corrected chi connectivity index (χ1v) is 6.61. The first-order valence-electron chi connectivity index (χ1n) is 5.82.